The van der Waals surface area contributed by atoms with Crippen molar-refractivity contribution in [3.05, 3.63) is 60.3 Å². The van der Waals surface area contributed by atoms with Gasteiger partial charge in [0.15, 0.2) is 0 Å². The number of rotatable bonds is 14. The van der Waals surface area contributed by atoms with E-state index in [1.165, 1.54) is 6.07 Å². The molecule has 0 amide bonds. The maximum atomic E-state index is 13.6. The van der Waals surface area contributed by atoms with Crippen LogP contribution in [-0.2, 0) is 23.6 Å². The van der Waals surface area contributed by atoms with E-state index in [1.807, 2.05) is 59.0 Å². The highest BCUT2D eigenvalue weighted by molar-refractivity contribution is 6.76. The molecule has 1 saturated heterocycles. The van der Waals surface area contributed by atoms with Gasteiger partial charge >= 0.3 is 0 Å². The molecule has 0 unspecified atom stereocenters. The van der Waals surface area contributed by atoms with Gasteiger partial charge in [-0.05, 0) is 75.7 Å². The van der Waals surface area contributed by atoms with Crippen LogP contribution in [0.15, 0.2) is 49.2 Å². The number of hydrogen-bond acceptors (Lipinski definition) is 8. The summed E-state index contributed by atoms with van der Waals surface area (Å²) in [5, 5.41) is 15.5. The quantitative estimate of drug-likeness (QED) is 0.104. The molecule has 10 nitrogen and oxygen atoms in total. The average molecular weight is 691 g/mol. The number of alkyl halides is 2. The summed E-state index contributed by atoms with van der Waals surface area (Å²) in [5.41, 5.74) is 2.98. The predicted molar refractivity (Wildman–Crippen MR) is 188 cm³/mol. The number of fused-ring (bicyclic) bond motifs is 1. The molecule has 1 aliphatic carbocycles. The lowest BCUT2D eigenvalue weighted by Gasteiger charge is -2.52. The summed E-state index contributed by atoms with van der Waals surface area (Å²) in [7, 11) is 2.68. The van der Waals surface area contributed by atoms with Crippen LogP contribution >= 0.6 is 0 Å². The molecule has 13 heteroatoms. The number of halogens is 2. The second-order valence-electron chi connectivity index (χ2n) is 15.2. The van der Waals surface area contributed by atoms with Crippen molar-refractivity contribution in [2.75, 3.05) is 33.8 Å². The summed E-state index contributed by atoms with van der Waals surface area (Å²) in [6.45, 7) is 10.5. The molecule has 1 aliphatic heterocycles. The molecule has 6 rings (SSSR count). The van der Waals surface area contributed by atoms with E-state index in [-0.39, 0.29) is 17.2 Å². The van der Waals surface area contributed by atoms with E-state index in [9.17, 15) is 14.0 Å². The van der Waals surface area contributed by atoms with Crippen molar-refractivity contribution in [3.63, 3.8) is 0 Å². The number of likely N-dealkylation sites (tertiary alicyclic amines) is 1. The van der Waals surface area contributed by atoms with Crippen molar-refractivity contribution in [2.45, 2.75) is 95.2 Å². The van der Waals surface area contributed by atoms with Crippen LogP contribution in [0.5, 0.6) is 5.75 Å². The summed E-state index contributed by atoms with van der Waals surface area (Å²) < 4.78 is 43.4. The van der Waals surface area contributed by atoms with Gasteiger partial charge in [-0.3, -0.25) is 9.58 Å². The van der Waals surface area contributed by atoms with E-state index >= 15 is 0 Å². The van der Waals surface area contributed by atoms with Gasteiger partial charge in [-0.15, -0.1) is 0 Å². The molecule has 2 aliphatic rings. The predicted octanol–water partition coefficient (Wildman–Crippen LogP) is 6.92. The summed E-state index contributed by atoms with van der Waals surface area (Å²) in [5.74, 6) is 0.516. The molecule has 3 aromatic heterocycles. The molecule has 1 saturated carbocycles. The zero-order valence-corrected chi connectivity index (χ0v) is 30.3. The molecule has 49 heavy (non-hydrogen) atoms. The SMILES string of the molecule is CN(C)Cc1cc(OC2CCN(C3CC(CC#N)(n4cc(-c5ncnc6c5ccn6COCC[Si](C)(C)C)cn4)C3)CC2)cc(C(F)F)c1. The number of aromatic nitrogens is 5. The third-order valence-corrected chi connectivity index (χ3v) is 11.5. The van der Waals surface area contributed by atoms with Crippen molar-refractivity contribution in [2.24, 2.45) is 0 Å². The topological polar surface area (TPSA) is 97.3 Å². The van der Waals surface area contributed by atoms with E-state index < -0.39 is 14.5 Å². The lowest BCUT2D eigenvalue weighted by molar-refractivity contribution is -0.0207. The Labute approximate surface area is 288 Å². The Kier molecular flexibility index (Phi) is 10.5. The summed E-state index contributed by atoms with van der Waals surface area (Å²) in [4.78, 5) is 13.6. The molecule has 0 bridgehead atoms. The largest absolute Gasteiger partial charge is 0.490 e. The molecule has 0 radical (unpaired) electrons. The third-order valence-electron chi connectivity index (χ3n) is 9.80. The second-order valence-corrected chi connectivity index (χ2v) is 20.8. The minimum absolute atomic E-state index is 0.00259. The van der Waals surface area contributed by atoms with Crippen LogP contribution < -0.4 is 4.74 Å². The Balaban J connectivity index is 1.07. The van der Waals surface area contributed by atoms with Gasteiger partial charge in [-0.25, -0.2) is 18.7 Å². The first-order valence-corrected chi connectivity index (χ1v) is 20.9. The first kappa shape index (κ1) is 35.1. The minimum Gasteiger partial charge on any atom is -0.490 e. The summed E-state index contributed by atoms with van der Waals surface area (Å²) in [6.07, 6.45) is 8.57. The summed E-state index contributed by atoms with van der Waals surface area (Å²) >= 11 is 0. The lowest BCUT2D eigenvalue weighted by atomic mass is 9.69. The highest BCUT2D eigenvalue weighted by Crippen LogP contribution is 2.46. The smallest absolute Gasteiger partial charge is 0.263 e. The maximum Gasteiger partial charge on any atom is 0.263 e. The Hall–Kier alpha value is -3.70. The number of benzene rings is 1. The van der Waals surface area contributed by atoms with Gasteiger partial charge in [0, 0.05) is 69.3 Å². The van der Waals surface area contributed by atoms with Crippen LogP contribution in [0.2, 0.25) is 25.7 Å². The van der Waals surface area contributed by atoms with Crippen LogP contribution in [0.1, 0.15) is 49.7 Å². The highest BCUT2D eigenvalue weighted by Gasteiger charge is 2.49. The average Bonchev–Trinajstić information content (AvgIpc) is 3.69. The van der Waals surface area contributed by atoms with Gasteiger partial charge in [-0.2, -0.15) is 10.4 Å². The standard InChI is InChI=1S/C36H48F2N8O2Si/c1-43(2)22-26-16-27(34(37)38)18-31(17-26)48-30-6-11-44(12-7-30)29-19-36(20-29,9-10-39)46-23-28(21-42-46)33-32-8-13-45(35(32)41-24-40-33)25-47-14-15-49(3,4)5/h8,13,16-18,21,23-24,29-30,34H,6-7,9,11-12,14-15,19-20,22,25H2,1-5H3. The van der Waals surface area contributed by atoms with Gasteiger partial charge in [0.2, 0.25) is 0 Å². The number of piperidine rings is 1. The Morgan fingerprint density at radius 3 is 2.59 bits per heavy atom. The van der Waals surface area contributed by atoms with E-state index in [1.54, 1.807) is 12.4 Å². The Bertz CT molecular complexity index is 1760. The lowest BCUT2D eigenvalue weighted by Crippen LogP contribution is -2.58. The van der Waals surface area contributed by atoms with Gasteiger partial charge in [0.25, 0.3) is 6.43 Å². The van der Waals surface area contributed by atoms with Crippen LogP contribution in [0.25, 0.3) is 22.3 Å². The van der Waals surface area contributed by atoms with Gasteiger partial charge in [-0.1, -0.05) is 19.6 Å². The molecule has 0 N–H and O–H groups in total. The van der Waals surface area contributed by atoms with Gasteiger partial charge in [0.1, 0.15) is 30.6 Å². The van der Waals surface area contributed by atoms with Gasteiger partial charge in [0.05, 0.1) is 29.9 Å². The van der Waals surface area contributed by atoms with Crippen molar-refractivity contribution < 1.29 is 18.3 Å². The Morgan fingerprint density at radius 1 is 1.12 bits per heavy atom. The van der Waals surface area contributed by atoms with Crippen LogP contribution in [0.4, 0.5) is 8.78 Å². The third kappa shape index (κ3) is 8.20. The normalized spacial score (nSPS) is 20.6. The molecule has 1 aromatic carbocycles. The van der Waals surface area contributed by atoms with Crippen molar-refractivity contribution >= 4 is 19.1 Å². The number of nitriles is 1. The fourth-order valence-corrected chi connectivity index (χ4v) is 7.86. The van der Waals surface area contributed by atoms with Crippen LogP contribution in [-0.4, -0.2) is 88.1 Å². The molecule has 0 atom stereocenters. The van der Waals surface area contributed by atoms with E-state index in [2.05, 4.69) is 40.6 Å². The van der Waals surface area contributed by atoms with Crippen LogP contribution in [0.3, 0.4) is 0 Å². The molecule has 4 aromatic rings. The molecule has 0 spiro atoms. The Morgan fingerprint density at radius 2 is 1.90 bits per heavy atom. The van der Waals surface area contributed by atoms with Crippen molar-refractivity contribution in [1.82, 2.24) is 34.1 Å². The molecule has 262 valence electrons. The zero-order valence-electron chi connectivity index (χ0n) is 29.3. The molecular formula is C36H48F2N8O2Si. The van der Waals surface area contributed by atoms with E-state index in [4.69, 9.17) is 14.6 Å². The van der Waals surface area contributed by atoms with Crippen molar-refractivity contribution in [1.29, 1.82) is 5.26 Å². The van der Waals surface area contributed by atoms with E-state index in [0.29, 0.717) is 31.5 Å². The first-order valence-electron chi connectivity index (χ1n) is 17.2. The molecular weight excluding hydrogens is 643 g/mol. The zero-order chi connectivity index (χ0) is 34.8. The monoisotopic (exact) mass is 690 g/mol. The number of ether oxygens (including phenoxy) is 2. The van der Waals surface area contributed by atoms with Crippen molar-refractivity contribution in [3.8, 4) is 23.1 Å². The number of nitrogens with zero attached hydrogens (tertiary/aromatic N) is 8. The number of hydrogen-bond donors (Lipinski definition) is 0. The summed E-state index contributed by atoms with van der Waals surface area (Å²) in [6, 6.07) is 10.8. The fourth-order valence-electron chi connectivity index (χ4n) is 7.11. The minimum atomic E-state index is -2.54. The molecule has 2 fully saturated rings. The van der Waals surface area contributed by atoms with E-state index in [0.717, 1.165) is 79.3 Å². The first-order chi connectivity index (χ1) is 23.4. The van der Waals surface area contributed by atoms with Crippen LogP contribution in [0, 0.1) is 11.3 Å². The second kappa shape index (κ2) is 14.6. The molecule has 4 heterocycles. The fraction of sp³-hybridized carbons (Fsp3) is 0.556. The maximum absolute atomic E-state index is 13.6. The van der Waals surface area contributed by atoms with Gasteiger partial charge < -0.3 is 18.9 Å². The highest BCUT2D eigenvalue weighted by atomic mass is 28.3.